The van der Waals surface area contributed by atoms with E-state index in [-0.39, 0.29) is 30.8 Å². The Morgan fingerprint density at radius 2 is 1.67 bits per heavy atom. The molecule has 120 valence electrons. The minimum Gasteiger partial charge on any atom is -0.485 e. The molecule has 0 amide bonds. The first kappa shape index (κ1) is 18.2. The predicted molar refractivity (Wildman–Crippen MR) is 75.3 cm³/mol. The fourth-order valence-corrected chi connectivity index (χ4v) is 2.29. The lowest BCUT2D eigenvalue weighted by molar-refractivity contribution is -0.903. The molecule has 0 spiro atoms. The third-order valence-corrected chi connectivity index (χ3v) is 3.30. The highest BCUT2D eigenvalue weighted by Crippen LogP contribution is 2.25. The summed E-state index contributed by atoms with van der Waals surface area (Å²) in [5.74, 6) is -2.25. The van der Waals surface area contributed by atoms with Crippen LogP contribution in [0.15, 0.2) is 16.6 Å². The quantitative estimate of drug-likeness (QED) is 0.465. The van der Waals surface area contributed by atoms with Crippen molar-refractivity contribution in [3.05, 3.63) is 28.2 Å². The minimum absolute atomic E-state index is 0.0844. The van der Waals surface area contributed by atoms with E-state index in [1.54, 1.807) is 0 Å². The third-order valence-electron chi connectivity index (χ3n) is 2.84. The Bertz CT molecular complexity index is 421. The van der Waals surface area contributed by atoms with Gasteiger partial charge in [-0.2, -0.15) is 0 Å². The van der Waals surface area contributed by atoms with Gasteiger partial charge < -0.3 is 25.0 Å². The zero-order valence-corrected chi connectivity index (χ0v) is 12.9. The van der Waals surface area contributed by atoms with Crippen LogP contribution in [0.25, 0.3) is 0 Å². The van der Waals surface area contributed by atoms with Gasteiger partial charge in [-0.3, -0.25) is 0 Å². The number of benzene rings is 1. The van der Waals surface area contributed by atoms with E-state index >= 15 is 0 Å². The molecule has 5 nitrogen and oxygen atoms in total. The lowest BCUT2D eigenvalue weighted by Gasteiger charge is -2.21. The summed E-state index contributed by atoms with van der Waals surface area (Å²) in [5.41, 5.74) is 0. The average molecular weight is 371 g/mol. The molecule has 0 aliphatic heterocycles. The van der Waals surface area contributed by atoms with Gasteiger partial charge in [0.05, 0.1) is 13.2 Å². The molecule has 0 fully saturated rings. The first-order valence-electron chi connectivity index (χ1n) is 6.48. The highest BCUT2D eigenvalue weighted by atomic mass is 79.9. The van der Waals surface area contributed by atoms with E-state index in [1.807, 2.05) is 0 Å². The molecular weight excluding hydrogens is 352 g/mol. The molecular formula is C13H19BrF2NO4+. The van der Waals surface area contributed by atoms with Gasteiger partial charge in [-0.15, -0.1) is 0 Å². The smallest absolute Gasteiger partial charge is 0.190 e. The SMILES string of the molecule is OCC[NH+](CCO)C[C@H](O)COc1c(F)cc(Br)cc1F. The number of hydrogen-bond acceptors (Lipinski definition) is 4. The Morgan fingerprint density at radius 3 is 2.14 bits per heavy atom. The molecule has 0 aromatic heterocycles. The summed E-state index contributed by atoms with van der Waals surface area (Å²) >= 11 is 2.96. The van der Waals surface area contributed by atoms with Crippen LogP contribution in [0.4, 0.5) is 8.78 Å². The van der Waals surface area contributed by atoms with Crippen LogP contribution in [0.1, 0.15) is 0 Å². The van der Waals surface area contributed by atoms with E-state index in [2.05, 4.69) is 15.9 Å². The molecule has 0 radical (unpaired) electrons. The van der Waals surface area contributed by atoms with Crippen molar-refractivity contribution in [1.82, 2.24) is 0 Å². The normalized spacial score (nSPS) is 12.7. The number of nitrogens with one attached hydrogen (secondary N) is 1. The highest BCUT2D eigenvalue weighted by Gasteiger charge is 2.18. The van der Waals surface area contributed by atoms with Crippen molar-refractivity contribution in [2.24, 2.45) is 0 Å². The van der Waals surface area contributed by atoms with Crippen LogP contribution in [-0.4, -0.2) is 60.9 Å². The summed E-state index contributed by atoms with van der Waals surface area (Å²) in [6, 6.07) is 2.14. The number of ether oxygens (including phenoxy) is 1. The lowest BCUT2D eigenvalue weighted by atomic mass is 10.3. The Morgan fingerprint density at radius 1 is 1.14 bits per heavy atom. The topological polar surface area (TPSA) is 74.4 Å². The number of rotatable bonds is 9. The molecule has 0 heterocycles. The third kappa shape index (κ3) is 6.23. The molecule has 0 aliphatic rings. The van der Waals surface area contributed by atoms with Crippen LogP contribution in [0.5, 0.6) is 5.75 Å². The van der Waals surface area contributed by atoms with Crippen LogP contribution in [0.3, 0.4) is 0 Å². The van der Waals surface area contributed by atoms with Crippen LogP contribution in [0, 0.1) is 11.6 Å². The number of hydrogen-bond donors (Lipinski definition) is 4. The highest BCUT2D eigenvalue weighted by molar-refractivity contribution is 9.10. The zero-order valence-electron chi connectivity index (χ0n) is 11.4. The molecule has 0 aliphatic carbocycles. The van der Waals surface area contributed by atoms with Gasteiger partial charge in [0, 0.05) is 4.47 Å². The second-order valence-corrected chi connectivity index (χ2v) is 5.48. The summed E-state index contributed by atoms with van der Waals surface area (Å²) in [6.45, 7) is 0.464. The summed E-state index contributed by atoms with van der Waals surface area (Å²) < 4.78 is 32.3. The fourth-order valence-electron chi connectivity index (χ4n) is 1.88. The maximum absolute atomic E-state index is 13.5. The number of aliphatic hydroxyl groups excluding tert-OH is 3. The maximum Gasteiger partial charge on any atom is 0.190 e. The van der Waals surface area contributed by atoms with Crippen molar-refractivity contribution in [1.29, 1.82) is 0 Å². The van der Waals surface area contributed by atoms with Gasteiger partial charge in [-0.25, -0.2) is 8.78 Å². The second-order valence-electron chi connectivity index (χ2n) is 4.56. The summed E-state index contributed by atoms with van der Waals surface area (Å²) in [7, 11) is 0. The summed E-state index contributed by atoms with van der Waals surface area (Å²) in [5, 5.41) is 27.5. The molecule has 8 heteroatoms. The summed E-state index contributed by atoms with van der Waals surface area (Å²) in [6.07, 6.45) is -0.972. The first-order valence-corrected chi connectivity index (χ1v) is 7.28. The standard InChI is InChI=1S/C13H18BrF2NO4/c14-9-5-11(15)13(12(16)6-9)21-8-10(20)7-17(1-3-18)2-4-19/h5-6,10,18-20H,1-4,7-8H2/p+1/t10-/m0/s1. The molecule has 4 N–H and O–H groups in total. The molecule has 0 unspecified atom stereocenters. The second kappa shape index (κ2) is 9.26. The van der Waals surface area contributed by atoms with Crippen molar-refractivity contribution in [2.45, 2.75) is 6.10 Å². The largest absolute Gasteiger partial charge is 0.485 e. The number of halogens is 3. The van der Waals surface area contributed by atoms with E-state index in [0.717, 1.165) is 17.0 Å². The lowest BCUT2D eigenvalue weighted by Crippen LogP contribution is -3.14. The van der Waals surface area contributed by atoms with Gasteiger partial charge >= 0.3 is 0 Å². The average Bonchev–Trinajstić information content (AvgIpc) is 2.37. The van der Waals surface area contributed by atoms with Gasteiger partial charge in [0.25, 0.3) is 0 Å². The molecule has 0 saturated heterocycles. The van der Waals surface area contributed by atoms with Gasteiger partial charge in [0.2, 0.25) is 0 Å². The van der Waals surface area contributed by atoms with E-state index in [4.69, 9.17) is 14.9 Å². The first-order chi connectivity index (χ1) is 9.97. The Kier molecular flexibility index (Phi) is 8.05. The van der Waals surface area contributed by atoms with Gasteiger partial charge in [-0.1, -0.05) is 15.9 Å². The van der Waals surface area contributed by atoms with E-state index in [1.165, 1.54) is 0 Å². The molecule has 1 aromatic rings. The fraction of sp³-hybridized carbons (Fsp3) is 0.538. The predicted octanol–water partition coefficient (Wildman–Crippen LogP) is -0.663. The van der Waals surface area contributed by atoms with Crippen LogP contribution in [-0.2, 0) is 0 Å². The van der Waals surface area contributed by atoms with E-state index < -0.39 is 23.5 Å². The van der Waals surface area contributed by atoms with Crippen molar-refractivity contribution >= 4 is 15.9 Å². The maximum atomic E-state index is 13.5. The van der Waals surface area contributed by atoms with Gasteiger partial charge in [0.1, 0.15) is 32.3 Å². The summed E-state index contributed by atoms with van der Waals surface area (Å²) in [4.78, 5) is 0.771. The van der Waals surface area contributed by atoms with Crippen molar-refractivity contribution in [2.75, 3.05) is 39.5 Å². The van der Waals surface area contributed by atoms with Crippen LogP contribution in [0.2, 0.25) is 0 Å². The monoisotopic (exact) mass is 370 g/mol. The van der Waals surface area contributed by atoms with Crippen LogP contribution >= 0.6 is 15.9 Å². The van der Waals surface area contributed by atoms with Crippen molar-refractivity contribution in [3.8, 4) is 5.75 Å². The Balaban J connectivity index is 2.54. The molecule has 0 bridgehead atoms. The Hall–Kier alpha value is -0.800. The van der Waals surface area contributed by atoms with Crippen molar-refractivity contribution < 1.29 is 33.7 Å². The minimum atomic E-state index is -0.972. The number of quaternary nitrogens is 1. The van der Waals surface area contributed by atoms with Gasteiger partial charge in [-0.05, 0) is 12.1 Å². The van der Waals surface area contributed by atoms with Crippen LogP contribution < -0.4 is 9.64 Å². The molecule has 1 atom stereocenters. The van der Waals surface area contributed by atoms with E-state index in [0.29, 0.717) is 13.1 Å². The van der Waals surface area contributed by atoms with E-state index in [9.17, 15) is 13.9 Å². The van der Waals surface area contributed by atoms with Crippen molar-refractivity contribution in [3.63, 3.8) is 0 Å². The molecule has 1 aromatic carbocycles. The van der Waals surface area contributed by atoms with Gasteiger partial charge in [0.15, 0.2) is 17.4 Å². The number of aliphatic hydroxyl groups is 3. The Labute approximate surface area is 129 Å². The molecule has 21 heavy (non-hydrogen) atoms. The molecule has 1 rings (SSSR count). The zero-order chi connectivity index (χ0) is 15.8. The molecule has 0 saturated carbocycles.